The van der Waals surface area contributed by atoms with Crippen LogP contribution in [0.5, 0.6) is 0 Å². The predicted molar refractivity (Wildman–Crippen MR) is 80.5 cm³/mol. The Hall–Kier alpha value is -1.17. The number of nitrogens with zero attached hydrogens (tertiary/aromatic N) is 1. The molecule has 0 atom stereocenters. The zero-order valence-electron chi connectivity index (χ0n) is 11.2. The van der Waals surface area contributed by atoms with E-state index in [2.05, 4.69) is 21.2 Å². The Morgan fingerprint density at radius 2 is 1.80 bits per heavy atom. The number of hydrogen-bond acceptors (Lipinski definition) is 3. The third-order valence-electron chi connectivity index (χ3n) is 3.70. The molecule has 1 N–H and O–H groups in total. The van der Waals surface area contributed by atoms with Gasteiger partial charge in [-0.15, -0.1) is 0 Å². The number of hydrogen-bond donors (Lipinski definition) is 1. The number of halogens is 2. The maximum absolute atomic E-state index is 13.6. The fourth-order valence-electron chi connectivity index (χ4n) is 2.62. The van der Waals surface area contributed by atoms with Crippen molar-refractivity contribution in [2.75, 3.05) is 5.32 Å². The molecule has 0 amide bonds. The molecule has 6 heteroatoms. The van der Waals surface area contributed by atoms with Crippen LogP contribution in [-0.4, -0.2) is 11.0 Å². The summed E-state index contributed by atoms with van der Waals surface area (Å²) < 4.78 is 13.7. The van der Waals surface area contributed by atoms with E-state index in [1.165, 1.54) is 31.4 Å². The molecule has 1 aliphatic carbocycles. The zero-order chi connectivity index (χ0) is 14.5. The lowest BCUT2D eigenvalue weighted by Crippen LogP contribution is -2.21. The number of nitro groups is 1. The average Bonchev–Trinajstić information content (AvgIpc) is 2.36. The van der Waals surface area contributed by atoms with Crippen molar-refractivity contribution in [2.45, 2.75) is 51.0 Å². The van der Waals surface area contributed by atoms with E-state index in [0.717, 1.165) is 25.7 Å². The van der Waals surface area contributed by atoms with E-state index in [9.17, 15) is 14.5 Å². The van der Waals surface area contributed by atoms with Gasteiger partial charge in [0.15, 0.2) is 0 Å². The Balaban J connectivity index is 2.18. The van der Waals surface area contributed by atoms with Crippen molar-refractivity contribution in [3.63, 3.8) is 0 Å². The molecular formula is C14H18BrFN2O2. The smallest absolute Gasteiger partial charge is 0.293 e. The van der Waals surface area contributed by atoms with Crippen LogP contribution in [0.15, 0.2) is 16.6 Å². The second-order valence-corrected chi connectivity index (χ2v) is 6.08. The molecule has 0 aliphatic heterocycles. The minimum Gasteiger partial charge on any atom is -0.377 e. The van der Waals surface area contributed by atoms with Gasteiger partial charge in [0, 0.05) is 18.2 Å². The third-order valence-corrected chi connectivity index (χ3v) is 4.31. The molecule has 20 heavy (non-hydrogen) atoms. The molecule has 4 nitrogen and oxygen atoms in total. The van der Waals surface area contributed by atoms with Crippen molar-refractivity contribution in [1.82, 2.24) is 0 Å². The number of nitrogens with one attached hydrogen (secondary N) is 1. The van der Waals surface area contributed by atoms with Gasteiger partial charge in [0.1, 0.15) is 11.5 Å². The van der Waals surface area contributed by atoms with Crippen LogP contribution in [0, 0.1) is 15.9 Å². The van der Waals surface area contributed by atoms with Gasteiger partial charge < -0.3 is 5.32 Å². The maximum Gasteiger partial charge on any atom is 0.293 e. The Kier molecular flexibility index (Phi) is 5.34. The normalized spacial score (nSPS) is 17.3. The molecule has 0 aromatic heterocycles. The highest BCUT2D eigenvalue weighted by molar-refractivity contribution is 9.10. The van der Waals surface area contributed by atoms with Crippen molar-refractivity contribution in [1.29, 1.82) is 0 Å². The van der Waals surface area contributed by atoms with Gasteiger partial charge in [-0.05, 0) is 28.8 Å². The lowest BCUT2D eigenvalue weighted by Gasteiger charge is -2.22. The number of nitro benzene ring substituents is 1. The van der Waals surface area contributed by atoms with Crippen LogP contribution < -0.4 is 5.32 Å². The summed E-state index contributed by atoms with van der Waals surface area (Å²) in [6, 6.07) is 2.62. The van der Waals surface area contributed by atoms with E-state index in [0.29, 0.717) is 0 Å². The molecule has 1 saturated carbocycles. The van der Waals surface area contributed by atoms with Crippen LogP contribution >= 0.6 is 15.9 Å². The van der Waals surface area contributed by atoms with E-state index >= 15 is 0 Å². The standard InChI is InChI=1S/C14H18BrFN2O2/c15-11-8-14(18(19)20)13(9-12(11)16)17-10-6-4-2-1-3-5-7-10/h8-10,17H,1-7H2. The molecule has 0 unspecified atom stereocenters. The molecule has 1 aromatic rings. The van der Waals surface area contributed by atoms with Gasteiger partial charge in [0.2, 0.25) is 0 Å². The first-order valence-corrected chi connectivity index (χ1v) is 7.77. The van der Waals surface area contributed by atoms with Crippen LogP contribution in [0.4, 0.5) is 15.8 Å². The summed E-state index contributed by atoms with van der Waals surface area (Å²) in [6.07, 6.45) is 7.86. The summed E-state index contributed by atoms with van der Waals surface area (Å²) in [5.41, 5.74) is 0.196. The molecule has 1 aliphatic rings. The van der Waals surface area contributed by atoms with Crippen molar-refractivity contribution >= 4 is 27.3 Å². The Morgan fingerprint density at radius 3 is 2.40 bits per heavy atom. The largest absolute Gasteiger partial charge is 0.377 e. The first-order valence-electron chi connectivity index (χ1n) is 6.98. The van der Waals surface area contributed by atoms with Crippen LogP contribution in [0.1, 0.15) is 44.9 Å². The first kappa shape index (κ1) is 15.2. The van der Waals surface area contributed by atoms with Crippen LogP contribution in [-0.2, 0) is 0 Å². The summed E-state index contributed by atoms with van der Waals surface area (Å²) >= 11 is 2.99. The molecular weight excluding hydrogens is 327 g/mol. The van der Waals surface area contributed by atoms with E-state index in [-0.39, 0.29) is 21.9 Å². The fraction of sp³-hybridized carbons (Fsp3) is 0.571. The van der Waals surface area contributed by atoms with Crippen molar-refractivity contribution in [3.05, 3.63) is 32.5 Å². The number of rotatable bonds is 3. The summed E-state index contributed by atoms with van der Waals surface area (Å²) in [5.74, 6) is -0.482. The Bertz CT molecular complexity index is 488. The van der Waals surface area contributed by atoms with E-state index in [1.807, 2.05) is 0 Å². The summed E-state index contributed by atoms with van der Waals surface area (Å²) in [5, 5.41) is 14.2. The SMILES string of the molecule is O=[N+]([O-])c1cc(Br)c(F)cc1NC1CCCCCCC1. The topological polar surface area (TPSA) is 55.2 Å². The molecule has 1 aromatic carbocycles. The first-order chi connectivity index (χ1) is 9.58. The molecule has 0 bridgehead atoms. The highest BCUT2D eigenvalue weighted by Gasteiger charge is 2.20. The number of benzene rings is 1. The highest BCUT2D eigenvalue weighted by atomic mass is 79.9. The third kappa shape index (κ3) is 3.91. The number of anilines is 1. The maximum atomic E-state index is 13.6. The lowest BCUT2D eigenvalue weighted by atomic mass is 9.96. The average molecular weight is 345 g/mol. The lowest BCUT2D eigenvalue weighted by molar-refractivity contribution is -0.384. The van der Waals surface area contributed by atoms with Crippen molar-refractivity contribution in [2.24, 2.45) is 0 Å². The summed E-state index contributed by atoms with van der Waals surface area (Å²) in [4.78, 5) is 10.6. The van der Waals surface area contributed by atoms with E-state index < -0.39 is 10.7 Å². The van der Waals surface area contributed by atoms with Gasteiger partial charge >= 0.3 is 0 Å². The van der Waals surface area contributed by atoms with Crippen LogP contribution in [0.2, 0.25) is 0 Å². The van der Waals surface area contributed by atoms with Gasteiger partial charge in [-0.25, -0.2) is 4.39 Å². The van der Waals surface area contributed by atoms with Crippen LogP contribution in [0.25, 0.3) is 0 Å². The fourth-order valence-corrected chi connectivity index (χ4v) is 2.95. The molecule has 2 rings (SSSR count). The van der Waals surface area contributed by atoms with Crippen molar-refractivity contribution in [3.8, 4) is 0 Å². The van der Waals surface area contributed by atoms with E-state index in [1.54, 1.807) is 0 Å². The van der Waals surface area contributed by atoms with Gasteiger partial charge in [-0.1, -0.05) is 32.1 Å². The Morgan fingerprint density at radius 1 is 1.20 bits per heavy atom. The monoisotopic (exact) mass is 344 g/mol. The van der Waals surface area contributed by atoms with Gasteiger partial charge in [0.05, 0.1) is 9.40 Å². The summed E-state index contributed by atoms with van der Waals surface area (Å²) in [7, 11) is 0. The molecule has 0 heterocycles. The van der Waals surface area contributed by atoms with Gasteiger partial charge in [-0.3, -0.25) is 10.1 Å². The predicted octanol–water partition coefficient (Wildman–Crippen LogP) is 5.02. The molecule has 1 fully saturated rings. The van der Waals surface area contributed by atoms with Crippen LogP contribution in [0.3, 0.4) is 0 Å². The highest BCUT2D eigenvalue weighted by Crippen LogP contribution is 2.32. The van der Waals surface area contributed by atoms with E-state index in [4.69, 9.17) is 0 Å². The quantitative estimate of drug-likeness (QED) is 0.618. The Labute approximate surface area is 126 Å². The molecule has 0 spiro atoms. The zero-order valence-corrected chi connectivity index (χ0v) is 12.8. The molecule has 0 radical (unpaired) electrons. The molecule has 0 saturated heterocycles. The molecule has 110 valence electrons. The minimum absolute atomic E-state index is 0.0830. The van der Waals surface area contributed by atoms with Gasteiger partial charge in [0.25, 0.3) is 5.69 Å². The van der Waals surface area contributed by atoms with Gasteiger partial charge in [-0.2, -0.15) is 0 Å². The summed E-state index contributed by atoms with van der Waals surface area (Å²) in [6.45, 7) is 0. The van der Waals surface area contributed by atoms with Crippen molar-refractivity contribution < 1.29 is 9.31 Å². The second kappa shape index (κ2) is 7.02. The second-order valence-electron chi connectivity index (χ2n) is 5.23. The minimum atomic E-state index is -0.482.